The molecule has 0 spiro atoms. The van der Waals surface area contributed by atoms with Crippen LogP contribution in [-0.4, -0.2) is 22.6 Å². The summed E-state index contributed by atoms with van der Waals surface area (Å²) in [5.41, 5.74) is 5.01. The van der Waals surface area contributed by atoms with Crippen LogP contribution < -0.4 is 10.1 Å². The standard InChI is InChI=1S/C25H32ClN3O/c1-3-20-15-23-24(14-18(20)2)29(13-5-7-19-6-4-12-27-16-19)25(28-23)17-30-22-10-8-21(26)9-11-22/h8-11,14-15,19,27H,3-7,12-13,16-17H2,1-2H3. The Morgan fingerprint density at radius 2 is 2.07 bits per heavy atom. The summed E-state index contributed by atoms with van der Waals surface area (Å²) in [5.74, 6) is 2.61. The maximum absolute atomic E-state index is 6.05. The van der Waals surface area contributed by atoms with Crippen molar-refractivity contribution in [2.24, 2.45) is 5.92 Å². The minimum atomic E-state index is 0.460. The minimum absolute atomic E-state index is 0.460. The Hall–Kier alpha value is -2.04. The number of rotatable bonds is 8. The fourth-order valence-electron chi connectivity index (χ4n) is 4.50. The van der Waals surface area contributed by atoms with E-state index in [0.717, 1.165) is 47.5 Å². The van der Waals surface area contributed by atoms with Gasteiger partial charge in [0.15, 0.2) is 0 Å². The van der Waals surface area contributed by atoms with Gasteiger partial charge in [-0.05, 0) is 106 Å². The molecule has 2 heterocycles. The number of aromatic nitrogens is 2. The van der Waals surface area contributed by atoms with Gasteiger partial charge in [-0.1, -0.05) is 18.5 Å². The Bertz CT molecular complexity index is 974. The van der Waals surface area contributed by atoms with Crippen molar-refractivity contribution in [3.05, 3.63) is 58.4 Å². The van der Waals surface area contributed by atoms with Crippen LogP contribution in [0.25, 0.3) is 11.0 Å². The summed E-state index contributed by atoms with van der Waals surface area (Å²) in [5, 5.41) is 4.25. The molecule has 5 heteroatoms. The van der Waals surface area contributed by atoms with Crippen molar-refractivity contribution in [3.8, 4) is 5.75 Å². The van der Waals surface area contributed by atoms with E-state index < -0.39 is 0 Å². The molecule has 2 aromatic carbocycles. The molecule has 1 aromatic heterocycles. The zero-order chi connectivity index (χ0) is 20.9. The lowest BCUT2D eigenvalue weighted by Crippen LogP contribution is -2.29. The van der Waals surface area contributed by atoms with Gasteiger partial charge >= 0.3 is 0 Å². The van der Waals surface area contributed by atoms with Crippen LogP contribution >= 0.6 is 11.6 Å². The summed E-state index contributed by atoms with van der Waals surface area (Å²) in [4.78, 5) is 4.96. The van der Waals surface area contributed by atoms with Crippen LogP contribution in [0.1, 0.15) is 49.6 Å². The monoisotopic (exact) mass is 425 g/mol. The van der Waals surface area contributed by atoms with Crippen LogP contribution in [0.15, 0.2) is 36.4 Å². The molecular weight excluding hydrogens is 394 g/mol. The fourth-order valence-corrected chi connectivity index (χ4v) is 4.62. The molecule has 1 atom stereocenters. The highest BCUT2D eigenvalue weighted by Gasteiger charge is 2.16. The van der Waals surface area contributed by atoms with Gasteiger partial charge in [-0.25, -0.2) is 4.98 Å². The first kappa shape index (κ1) is 21.2. The van der Waals surface area contributed by atoms with Gasteiger partial charge in [0.25, 0.3) is 0 Å². The number of hydrogen-bond acceptors (Lipinski definition) is 3. The largest absolute Gasteiger partial charge is 0.486 e. The summed E-state index contributed by atoms with van der Waals surface area (Å²) in [6, 6.07) is 12.1. The average molecular weight is 426 g/mol. The zero-order valence-electron chi connectivity index (χ0n) is 18.1. The highest BCUT2D eigenvalue weighted by atomic mass is 35.5. The molecule has 1 aliphatic heterocycles. The van der Waals surface area contributed by atoms with Crippen molar-refractivity contribution in [1.29, 1.82) is 0 Å². The third kappa shape index (κ3) is 4.98. The van der Waals surface area contributed by atoms with Crippen LogP contribution in [0.3, 0.4) is 0 Å². The van der Waals surface area contributed by atoms with E-state index in [1.165, 1.54) is 48.9 Å². The third-order valence-corrected chi connectivity index (χ3v) is 6.49. The fraction of sp³-hybridized carbons (Fsp3) is 0.480. The molecule has 160 valence electrons. The molecule has 0 aliphatic carbocycles. The maximum Gasteiger partial charge on any atom is 0.147 e. The molecular formula is C25H32ClN3O. The second-order valence-corrected chi connectivity index (χ2v) is 8.83. The molecule has 30 heavy (non-hydrogen) atoms. The van der Waals surface area contributed by atoms with Crippen molar-refractivity contribution >= 4 is 22.6 Å². The highest BCUT2D eigenvalue weighted by molar-refractivity contribution is 6.30. The average Bonchev–Trinajstić information content (AvgIpc) is 3.10. The van der Waals surface area contributed by atoms with E-state index in [0.29, 0.717) is 6.61 Å². The number of imidazole rings is 1. The normalized spacial score (nSPS) is 16.8. The number of aryl methyl sites for hydroxylation is 3. The van der Waals surface area contributed by atoms with Crippen LogP contribution in [0.5, 0.6) is 5.75 Å². The van der Waals surface area contributed by atoms with Crippen molar-refractivity contribution in [1.82, 2.24) is 14.9 Å². The summed E-state index contributed by atoms with van der Waals surface area (Å²) < 4.78 is 8.42. The van der Waals surface area contributed by atoms with Gasteiger partial charge in [0, 0.05) is 11.6 Å². The first-order valence-electron chi connectivity index (χ1n) is 11.2. The number of halogens is 1. The number of ether oxygens (including phenoxy) is 1. The van der Waals surface area contributed by atoms with Gasteiger partial charge in [0.2, 0.25) is 0 Å². The topological polar surface area (TPSA) is 39.1 Å². The minimum Gasteiger partial charge on any atom is -0.486 e. The number of nitrogens with zero attached hydrogens (tertiary/aromatic N) is 2. The Morgan fingerprint density at radius 1 is 1.23 bits per heavy atom. The molecule has 0 saturated carbocycles. The molecule has 4 rings (SSSR count). The predicted octanol–water partition coefficient (Wildman–Crippen LogP) is 5.92. The summed E-state index contributed by atoms with van der Waals surface area (Å²) in [6.07, 6.45) is 6.11. The summed E-state index contributed by atoms with van der Waals surface area (Å²) in [7, 11) is 0. The van der Waals surface area contributed by atoms with Crippen molar-refractivity contribution in [2.75, 3.05) is 13.1 Å². The molecule has 1 N–H and O–H groups in total. The highest BCUT2D eigenvalue weighted by Crippen LogP contribution is 2.25. The van der Waals surface area contributed by atoms with E-state index in [1.807, 2.05) is 24.3 Å². The second kappa shape index (κ2) is 9.84. The molecule has 0 amide bonds. The Kier molecular flexibility index (Phi) is 6.96. The first-order chi connectivity index (χ1) is 14.6. The van der Waals surface area contributed by atoms with Crippen LogP contribution in [0.2, 0.25) is 5.02 Å². The molecule has 1 saturated heterocycles. The van der Waals surface area contributed by atoms with E-state index in [-0.39, 0.29) is 0 Å². The number of piperidine rings is 1. The van der Waals surface area contributed by atoms with Gasteiger partial charge in [-0.2, -0.15) is 0 Å². The van der Waals surface area contributed by atoms with Crippen LogP contribution in [0, 0.1) is 12.8 Å². The smallest absolute Gasteiger partial charge is 0.147 e. The molecule has 3 aromatic rings. The molecule has 0 bridgehead atoms. The second-order valence-electron chi connectivity index (χ2n) is 8.40. The Balaban J connectivity index is 1.54. The van der Waals surface area contributed by atoms with Crippen molar-refractivity contribution in [3.63, 3.8) is 0 Å². The number of benzene rings is 2. The van der Waals surface area contributed by atoms with E-state index in [1.54, 1.807) is 0 Å². The maximum atomic E-state index is 6.05. The van der Waals surface area contributed by atoms with Gasteiger partial charge in [-0.15, -0.1) is 0 Å². The molecule has 1 unspecified atom stereocenters. The van der Waals surface area contributed by atoms with Gasteiger partial charge < -0.3 is 14.6 Å². The number of hydrogen-bond donors (Lipinski definition) is 1. The third-order valence-electron chi connectivity index (χ3n) is 6.24. The number of nitrogens with one attached hydrogen (secondary N) is 1. The predicted molar refractivity (Wildman–Crippen MR) is 124 cm³/mol. The Morgan fingerprint density at radius 3 is 2.80 bits per heavy atom. The van der Waals surface area contributed by atoms with Crippen LogP contribution in [0.4, 0.5) is 0 Å². The lowest BCUT2D eigenvalue weighted by Gasteiger charge is -2.22. The SMILES string of the molecule is CCc1cc2nc(COc3ccc(Cl)cc3)n(CCCC3CCCNC3)c2cc1C. The van der Waals surface area contributed by atoms with Crippen LogP contribution in [-0.2, 0) is 19.6 Å². The number of fused-ring (bicyclic) bond motifs is 1. The zero-order valence-corrected chi connectivity index (χ0v) is 18.8. The summed E-state index contributed by atoms with van der Waals surface area (Å²) >= 11 is 6.00. The van der Waals surface area contributed by atoms with Crippen molar-refractivity contribution < 1.29 is 4.74 Å². The van der Waals surface area contributed by atoms with E-state index in [9.17, 15) is 0 Å². The van der Waals surface area contributed by atoms with E-state index >= 15 is 0 Å². The van der Waals surface area contributed by atoms with Gasteiger partial charge in [0.05, 0.1) is 11.0 Å². The molecule has 1 fully saturated rings. The van der Waals surface area contributed by atoms with Crippen molar-refractivity contribution in [2.45, 2.75) is 59.1 Å². The summed E-state index contributed by atoms with van der Waals surface area (Å²) in [6.45, 7) is 8.18. The quantitative estimate of drug-likeness (QED) is 0.486. The van der Waals surface area contributed by atoms with Gasteiger partial charge in [-0.3, -0.25) is 0 Å². The lowest BCUT2D eigenvalue weighted by molar-refractivity contribution is 0.287. The van der Waals surface area contributed by atoms with Gasteiger partial charge in [0.1, 0.15) is 18.2 Å². The molecule has 0 radical (unpaired) electrons. The first-order valence-corrected chi connectivity index (χ1v) is 11.6. The van der Waals surface area contributed by atoms with E-state index in [4.69, 9.17) is 21.3 Å². The van der Waals surface area contributed by atoms with E-state index in [2.05, 4.69) is 35.9 Å². The molecule has 1 aliphatic rings. The molecule has 4 nitrogen and oxygen atoms in total. The lowest BCUT2D eigenvalue weighted by atomic mass is 9.95. The Labute approximate surface area is 184 Å².